The molecule has 0 saturated carbocycles. The van der Waals surface area contributed by atoms with Gasteiger partial charge in [0.25, 0.3) is 5.91 Å². The largest absolute Gasteiger partial charge is 0.342 e. The summed E-state index contributed by atoms with van der Waals surface area (Å²) in [5, 5.41) is 5.49. The highest BCUT2D eigenvalue weighted by Gasteiger charge is 2.23. The van der Waals surface area contributed by atoms with Gasteiger partial charge < -0.3 is 20.4 Å². The van der Waals surface area contributed by atoms with Crippen LogP contribution in [0.3, 0.4) is 0 Å². The van der Waals surface area contributed by atoms with E-state index in [1.165, 1.54) is 0 Å². The molecule has 0 spiro atoms. The van der Waals surface area contributed by atoms with Crippen LogP contribution in [0, 0.1) is 13.8 Å². The molecule has 7 nitrogen and oxygen atoms in total. The molecule has 2 rings (SSSR count). The number of quaternary nitrogens is 1. The Labute approximate surface area is 148 Å². The predicted molar refractivity (Wildman–Crippen MR) is 95.4 cm³/mol. The van der Waals surface area contributed by atoms with Gasteiger partial charge in [-0.05, 0) is 31.0 Å². The zero-order chi connectivity index (χ0) is 18.4. The van der Waals surface area contributed by atoms with Crippen molar-refractivity contribution in [1.82, 2.24) is 10.2 Å². The number of anilines is 1. The maximum Gasteiger partial charge on any atom is 0.275 e. The van der Waals surface area contributed by atoms with Gasteiger partial charge in [-0.25, -0.2) is 0 Å². The molecule has 1 fully saturated rings. The molecule has 1 heterocycles. The SMILES string of the molecule is CC(=O)N1CC[NH+](CC(=O)NCC(=O)Nc2cccc(C)c2C)CC1. The number of piperazine rings is 1. The van der Waals surface area contributed by atoms with Gasteiger partial charge >= 0.3 is 0 Å². The standard InChI is InChI=1S/C18H26N4O3/c1-13-5-4-6-16(14(13)2)20-17(24)11-19-18(25)12-21-7-9-22(10-8-21)15(3)23/h4-6H,7-12H2,1-3H3,(H,19,25)(H,20,24)/p+1. The number of hydrogen-bond acceptors (Lipinski definition) is 3. The number of benzene rings is 1. The van der Waals surface area contributed by atoms with Crippen molar-refractivity contribution in [2.45, 2.75) is 20.8 Å². The fraction of sp³-hybridized carbons (Fsp3) is 0.500. The van der Waals surface area contributed by atoms with Crippen molar-refractivity contribution in [3.05, 3.63) is 29.3 Å². The fourth-order valence-corrected chi connectivity index (χ4v) is 2.86. The Morgan fingerprint density at radius 1 is 1.12 bits per heavy atom. The lowest BCUT2D eigenvalue weighted by Crippen LogP contribution is -3.15. The summed E-state index contributed by atoms with van der Waals surface area (Å²) in [5.74, 6) is -0.313. The summed E-state index contributed by atoms with van der Waals surface area (Å²) in [5.41, 5.74) is 2.90. The minimum Gasteiger partial charge on any atom is -0.342 e. The molecule has 0 bridgehead atoms. The van der Waals surface area contributed by atoms with Gasteiger partial charge in [0.15, 0.2) is 6.54 Å². The van der Waals surface area contributed by atoms with Crippen molar-refractivity contribution < 1.29 is 19.3 Å². The molecule has 0 aromatic heterocycles. The van der Waals surface area contributed by atoms with Crippen molar-refractivity contribution in [3.8, 4) is 0 Å². The number of amides is 3. The number of carbonyl (C=O) groups is 3. The molecule has 136 valence electrons. The van der Waals surface area contributed by atoms with Crippen molar-refractivity contribution in [3.63, 3.8) is 0 Å². The van der Waals surface area contributed by atoms with E-state index in [0.717, 1.165) is 34.8 Å². The zero-order valence-corrected chi connectivity index (χ0v) is 15.1. The molecule has 3 N–H and O–H groups in total. The zero-order valence-electron chi connectivity index (χ0n) is 15.1. The Morgan fingerprint density at radius 2 is 1.80 bits per heavy atom. The maximum absolute atomic E-state index is 12.0. The van der Waals surface area contributed by atoms with Gasteiger partial charge in [-0.3, -0.25) is 14.4 Å². The van der Waals surface area contributed by atoms with Gasteiger partial charge in [-0.2, -0.15) is 0 Å². The van der Waals surface area contributed by atoms with Crippen LogP contribution in [0.2, 0.25) is 0 Å². The molecule has 3 amide bonds. The molecule has 1 aromatic rings. The quantitative estimate of drug-likeness (QED) is 0.646. The topological polar surface area (TPSA) is 83.0 Å². The molecule has 1 saturated heterocycles. The van der Waals surface area contributed by atoms with Crippen LogP contribution in [-0.2, 0) is 14.4 Å². The lowest BCUT2D eigenvalue weighted by molar-refractivity contribution is -0.896. The van der Waals surface area contributed by atoms with Gasteiger partial charge in [0, 0.05) is 12.6 Å². The third kappa shape index (κ3) is 5.56. The van der Waals surface area contributed by atoms with E-state index in [9.17, 15) is 14.4 Å². The van der Waals surface area contributed by atoms with E-state index in [4.69, 9.17) is 0 Å². The van der Waals surface area contributed by atoms with Gasteiger partial charge in [0.2, 0.25) is 11.8 Å². The Kier molecular flexibility index (Phi) is 6.52. The second kappa shape index (κ2) is 8.62. The second-order valence-corrected chi connectivity index (χ2v) is 6.51. The van der Waals surface area contributed by atoms with Crippen molar-refractivity contribution >= 4 is 23.4 Å². The highest BCUT2D eigenvalue weighted by molar-refractivity contribution is 5.95. The first-order valence-electron chi connectivity index (χ1n) is 8.58. The average Bonchev–Trinajstić information content (AvgIpc) is 2.58. The first-order valence-corrected chi connectivity index (χ1v) is 8.58. The van der Waals surface area contributed by atoms with E-state index in [-0.39, 0.29) is 24.3 Å². The molecular weight excluding hydrogens is 320 g/mol. The van der Waals surface area contributed by atoms with E-state index in [1.807, 2.05) is 32.0 Å². The lowest BCUT2D eigenvalue weighted by Gasteiger charge is -2.31. The fourth-order valence-electron chi connectivity index (χ4n) is 2.86. The van der Waals surface area contributed by atoms with Gasteiger partial charge in [0.1, 0.15) is 0 Å². The third-order valence-corrected chi connectivity index (χ3v) is 4.65. The molecule has 1 aliphatic heterocycles. The predicted octanol–water partition coefficient (Wildman–Crippen LogP) is -0.895. The third-order valence-electron chi connectivity index (χ3n) is 4.65. The molecule has 25 heavy (non-hydrogen) atoms. The van der Waals surface area contributed by atoms with Crippen LogP contribution in [0.1, 0.15) is 18.1 Å². The Balaban J connectivity index is 1.72. The summed E-state index contributed by atoms with van der Waals surface area (Å²) < 4.78 is 0. The van der Waals surface area contributed by atoms with Gasteiger partial charge in [0.05, 0.1) is 32.7 Å². The Bertz CT molecular complexity index is 652. The van der Waals surface area contributed by atoms with E-state index < -0.39 is 0 Å². The summed E-state index contributed by atoms with van der Waals surface area (Å²) >= 11 is 0. The number of aryl methyl sites for hydroxylation is 1. The lowest BCUT2D eigenvalue weighted by atomic mass is 10.1. The molecule has 0 unspecified atom stereocenters. The van der Waals surface area contributed by atoms with Crippen LogP contribution in [0.25, 0.3) is 0 Å². The second-order valence-electron chi connectivity index (χ2n) is 6.51. The summed E-state index contributed by atoms with van der Waals surface area (Å²) in [6, 6.07) is 5.72. The minimum atomic E-state index is -0.238. The summed E-state index contributed by atoms with van der Waals surface area (Å²) in [6.07, 6.45) is 0. The summed E-state index contributed by atoms with van der Waals surface area (Å²) in [6.45, 7) is 8.63. The highest BCUT2D eigenvalue weighted by Crippen LogP contribution is 2.17. The molecule has 0 aliphatic carbocycles. The first kappa shape index (κ1) is 18.9. The normalized spacial score (nSPS) is 14.9. The van der Waals surface area contributed by atoms with E-state index in [0.29, 0.717) is 19.6 Å². The summed E-state index contributed by atoms with van der Waals surface area (Å²) in [4.78, 5) is 38.2. The summed E-state index contributed by atoms with van der Waals surface area (Å²) in [7, 11) is 0. The molecule has 1 aromatic carbocycles. The minimum absolute atomic E-state index is 0.0426. The van der Waals surface area contributed by atoms with Crippen LogP contribution in [0.4, 0.5) is 5.69 Å². The van der Waals surface area contributed by atoms with E-state index in [1.54, 1.807) is 11.8 Å². The van der Waals surface area contributed by atoms with Crippen LogP contribution in [0.5, 0.6) is 0 Å². The molecule has 0 radical (unpaired) electrons. The number of nitrogens with zero attached hydrogens (tertiary/aromatic N) is 1. The number of hydrogen-bond donors (Lipinski definition) is 3. The maximum atomic E-state index is 12.0. The van der Waals surface area contributed by atoms with Gasteiger partial charge in [-0.15, -0.1) is 0 Å². The van der Waals surface area contributed by atoms with E-state index in [2.05, 4.69) is 10.6 Å². The van der Waals surface area contributed by atoms with Crippen LogP contribution >= 0.6 is 0 Å². The monoisotopic (exact) mass is 347 g/mol. The Hall–Kier alpha value is -2.41. The average molecular weight is 347 g/mol. The number of carbonyl (C=O) groups excluding carboxylic acids is 3. The van der Waals surface area contributed by atoms with E-state index >= 15 is 0 Å². The number of nitrogens with one attached hydrogen (secondary N) is 3. The van der Waals surface area contributed by atoms with Crippen LogP contribution in [0.15, 0.2) is 18.2 Å². The molecule has 7 heteroatoms. The van der Waals surface area contributed by atoms with Crippen molar-refractivity contribution in [2.75, 3.05) is 44.6 Å². The van der Waals surface area contributed by atoms with Crippen LogP contribution in [-0.4, -0.2) is 61.9 Å². The smallest absolute Gasteiger partial charge is 0.275 e. The first-order chi connectivity index (χ1) is 11.9. The van der Waals surface area contributed by atoms with Crippen molar-refractivity contribution in [1.29, 1.82) is 0 Å². The van der Waals surface area contributed by atoms with Gasteiger partial charge in [-0.1, -0.05) is 12.1 Å². The van der Waals surface area contributed by atoms with Crippen LogP contribution < -0.4 is 15.5 Å². The molecular formula is C18H27N4O3+. The molecule has 0 atom stereocenters. The highest BCUT2D eigenvalue weighted by atomic mass is 16.2. The Morgan fingerprint density at radius 3 is 2.44 bits per heavy atom. The molecule has 1 aliphatic rings. The number of rotatable bonds is 5. The van der Waals surface area contributed by atoms with Crippen molar-refractivity contribution in [2.24, 2.45) is 0 Å².